The number of carbonyl (C=O) groups excluding carboxylic acids is 2. The van der Waals surface area contributed by atoms with Crippen LogP contribution in [0.5, 0.6) is 0 Å². The molecule has 0 bridgehead atoms. The Morgan fingerprint density at radius 2 is 1.91 bits per heavy atom. The number of alkyl halides is 3. The zero-order chi connectivity index (χ0) is 15.9. The SMILES string of the molecule is O=C1NC(=O)[C@@H](c2cccc(C(F)(F)F)c2)N2CCCC[C@@H]12. The average Bonchev–Trinajstić information content (AvgIpc) is 2.47. The number of benzene rings is 1. The monoisotopic (exact) mass is 312 g/mol. The molecule has 22 heavy (non-hydrogen) atoms. The van der Waals surface area contributed by atoms with E-state index in [1.807, 2.05) is 0 Å². The van der Waals surface area contributed by atoms with Crippen LogP contribution < -0.4 is 5.32 Å². The molecule has 0 radical (unpaired) electrons. The summed E-state index contributed by atoms with van der Waals surface area (Å²) in [5.41, 5.74) is -0.519. The van der Waals surface area contributed by atoms with E-state index >= 15 is 0 Å². The predicted octanol–water partition coefficient (Wildman–Crippen LogP) is 2.26. The van der Waals surface area contributed by atoms with Gasteiger partial charge in [-0.3, -0.25) is 19.8 Å². The molecule has 7 heteroatoms. The van der Waals surface area contributed by atoms with Crippen molar-refractivity contribution in [2.24, 2.45) is 0 Å². The first kappa shape index (κ1) is 15.0. The molecule has 0 spiro atoms. The molecule has 118 valence electrons. The molecule has 1 aromatic rings. The van der Waals surface area contributed by atoms with E-state index in [9.17, 15) is 22.8 Å². The fourth-order valence-electron chi connectivity index (χ4n) is 3.20. The van der Waals surface area contributed by atoms with Gasteiger partial charge in [0.15, 0.2) is 0 Å². The van der Waals surface area contributed by atoms with Crippen molar-refractivity contribution in [1.29, 1.82) is 0 Å². The highest BCUT2D eigenvalue weighted by atomic mass is 19.4. The van der Waals surface area contributed by atoms with Gasteiger partial charge in [0.05, 0.1) is 11.6 Å². The number of nitrogens with one attached hydrogen (secondary N) is 1. The Labute approximate surface area is 125 Å². The summed E-state index contributed by atoms with van der Waals surface area (Å²) < 4.78 is 38.6. The Morgan fingerprint density at radius 3 is 2.64 bits per heavy atom. The van der Waals surface area contributed by atoms with Gasteiger partial charge in [0.1, 0.15) is 6.04 Å². The maximum absolute atomic E-state index is 12.9. The fraction of sp³-hybridized carbons (Fsp3) is 0.467. The van der Waals surface area contributed by atoms with Gasteiger partial charge in [-0.2, -0.15) is 13.2 Å². The Bertz CT molecular complexity index is 615. The van der Waals surface area contributed by atoms with E-state index in [0.717, 1.165) is 25.0 Å². The van der Waals surface area contributed by atoms with Crippen molar-refractivity contribution in [2.75, 3.05) is 6.54 Å². The molecular formula is C15H15F3N2O2. The molecule has 3 rings (SSSR count). The molecule has 2 amide bonds. The lowest BCUT2D eigenvalue weighted by Crippen LogP contribution is -2.60. The summed E-state index contributed by atoms with van der Waals surface area (Å²) in [5, 5.41) is 2.28. The highest BCUT2D eigenvalue weighted by Gasteiger charge is 2.43. The van der Waals surface area contributed by atoms with E-state index in [1.165, 1.54) is 12.1 Å². The van der Waals surface area contributed by atoms with Gasteiger partial charge in [0.25, 0.3) is 0 Å². The minimum absolute atomic E-state index is 0.270. The molecule has 0 aromatic heterocycles. The number of nitrogens with zero attached hydrogens (tertiary/aromatic N) is 1. The first-order valence-electron chi connectivity index (χ1n) is 7.15. The first-order valence-corrected chi connectivity index (χ1v) is 7.15. The van der Waals surface area contributed by atoms with Crippen molar-refractivity contribution < 1.29 is 22.8 Å². The van der Waals surface area contributed by atoms with Crippen molar-refractivity contribution in [2.45, 2.75) is 37.5 Å². The third-order valence-electron chi connectivity index (χ3n) is 4.20. The van der Waals surface area contributed by atoms with Crippen LogP contribution in [0.3, 0.4) is 0 Å². The molecule has 1 N–H and O–H groups in total. The lowest BCUT2D eigenvalue weighted by Gasteiger charge is -2.43. The fourth-order valence-corrected chi connectivity index (χ4v) is 3.20. The minimum atomic E-state index is -4.46. The zero-order valence-corrected chi connectivity index (χ0v) is 11.7. The van der Waals surface area contributed by atoms with Crippen LogP contribution in [0.25, 0.3) is 0 Å². The van der Waals surface area contributed by atoms with E-state index < -0.39 is 29.7 Å². The highest BCUT2D eigenvalue weighted by molar-refractivity contribution is 6.03. The number of hydrogen-bond donors (Lipinski definition) is 1. The Balaban J connectivity index is 1.98. The number of fused-ring (bicyclic) bond motifs is 1. The highest BCUT2D eigenvalue weighted by Crippen LogP contribution is 2.35. The molecule has 2 aliphatic heterocycles. The summed E-state index contributed by atoms with van der Waals surface area (Å²) >= 11 is 0. The van der Waals surface area contributed by atoms with Crippen LogP contribution in [0.2, 0.25) is 0 Å². The number of hydrogen-bond acceptors (Lipinski definition) is 3. The van der Waals surface area contributed by atoms with Crippen molar-refractivity contribution in [3.63, 3.8) is 0 Å². The number of amides is 2. The molecule has 2 saturated heterocycles. The molecule has 2 heterocycles. The minimum Gasteiger partial charge on any atom is -0.293 e. The lowest BCUT2D eigenvalue weighted by atomic mass is 9.92. The molecule has 1 aromatic carbocycles. The standard InChI is InChI=1S/C15H15F3N2O2/c16-15(17,18)10-5-3-4-9(8-10)12-14(22)19-13(21)11-6-1-2-7-20(11)12/h3-5,8,11-12H,1-2,6-7H2,(H,19,21,22)/t11-,12+/m0/s1. The number of piperidine rings is 1. The molecule has 0 unspecified atom stereocenters. The maximum atomic E-state index is 12.9. The van der Waals surface area contributed by atoms with Crippen LogP contribution in [-0.2, 0) is 15.8 Å². The second kappa shape index (κ2) is 5.39. The van der Waals surface area contributed by atoms with Gasteiger partial charge in [-0.15, -0.1) is 0 Å². The third kappa shape index (κ3) is 2.61. The summed E-state index contributed by atoms with van der Waals surface area (Å²) in [6.07, 6.45) is -2.14. The first-order chi connectivity index (χ1) is 10.4. The second-order valence-electron chi connectivity index (χ2n) is 5.63. The summed E-state index contributed by atoms with van der Waals surface area (Å²) in [6.45, 7) is 0.532. The van der Waals surface area contributed by atoms with Crippen molar-refractivity contribution in [1.82, 2.24) is 10.2 Å². The summed E-state index contributed by atoms with van der Waals surface area (Å²) in [4.78, 5) is 25.8. The van der Waals surface area contributed by atoms with Crippen molar-refractivity contribution in [3.8, 4) is 0 Å². The van der Waals surface area contributed by atoms with E-state index in [-0.39, 0.29) is 11.5 Å². The molecule has 0 aliphatic carbocycles. The van der Waals surface area contributed by atoms with Crippen molar-refractivity contribution in [3.05, 3.63) is 35.4 Å². The molecule has 2 atom stereocenters. The molecule has 2 fully saturated rings. The van der Waals surface area contributed by atoms with Gasteiger partial charge in [-0.1, -0.05) is 18.6 Å². The van der Waals surface area contributed by atoms with Gasteiger partial charge in [0, 0.05) is 6.54 Å². The largest absolute Gasteiger partial charge is 0.416 e. The smallest absolute Gasteiger partial charge is 0.293 e. The molecule has 4 nitrogen and oxygen atoms in total. The topological polar surface area (TPSA) is 49.4 Å². The number of carbonyl (C=O) groups is 2. The molecule has 0 saturated carbocycles. The van der Waals surface area contributed by atoms with Crippen molar-refractivity contribution >= 4 is 11.8 Å². The zero-order valence-electron chi connectivity index (χ0n) is 11.7. The van der Waals surface area contributed by atoms with Gasteiger partial charge in [0.2, 0.25) is 11.8 Å². The van der Waals surface area contributed by atoms with E-state index in [0.29, 0.717) is 13.0 Å². The Hall–Kier alpha value is -1.89. The molecular weight excluding hydrogens is 297 g/mol. The van der Waals surface area contributed by atoms with E-state index in [4.69, 9.17) is 0 Å². The van der Waals surface area contributed by atoms with Gasteiger partial charge >= 0.3 is 6.18 Å². The lowest BCUT2D eigenvalue weighted by molar-refractivity contribution is -0.147. The Morgan fingerprint density at radius 1 is 1.14 bits per heavy atom. The number of halogens is 3. The summed E-state index contributed by atoms with van der Waals surface area (Å²) in [5.74, 6) is -0.907. The van der Waals surface area contributed by atoms with Crippen LogP contribution in [0, 0.1) is 0 Å². The summed E-state index contributed by atoms with van der Waals surface area (Å²) in [7, 11) is 0. The van der Waals surface area contributed by atoms with Crippen LogP contribution in [0.15, 0.2) is 24.3 Å². The average molecular weight is 312 g/mol. The normalized spacial score (nSPS) is 26.5. The van der Waals surface area contributed by atoms with Crippen LogP contribution in [0.4, 0.5) is 13.2 Å². The third-order valence-corrected chi connectivity index (χ3v) is 4.20. The molecule has 2 aliphatic rings. The quantitative estimate of drug-likeness (QED) is 0.809. The maximum Gasteiger partial charge on any atom is 0.416 e. The van der Waals surface area contributed by atoms with Gasteiger partial charge in [-0.05, 0) is 30.5 Å². The van der Waals surface area contributed by atoms with Gasteiger partial charge < -0.3 is 0 Å². The van der Waals surface area contributed by atoms with Crippen LogP contribution in [0.1, 0.15) is 36.4 Å². The van der Waals surface area contributed by atoms with Crippen LogP contribution in [-0.4, -0.2) is 29.3 Å². The number of imide groups is 1. The van der Waals surface area contributed by atoms with E-state index in [2.05, 4.69) is 5.32 Å². The van der Waals surface area contributed by atoms with Gasteiger partial charge in [-0.25, -0.2) is 0 Å². The number of rotatable bonds is 1. The summed E-state index contributed by atoms with van der Waals surface area (Å²) in [6, 6.07) is 3.48. The van der Waals surface area contributed by atoms with Crippen LogP contribution >= 0.6 is 0 Å². The second-order valence-corrected chi connectivity index (χ2v) is 5.63. The predicted molar refractivity (Wildman–Crippen MR) is 71.7 cm³/mol. The van der Waals surface area contributed by atoms with E-state index in [1.54, 1.807) is 4.90 Å². The Kier molecular flexibility index (Phi) is 3.68. The number of piperazine rings is 1.